The molecule has 0 unspecified atom stereocenters. The van der Waals surface area contributed by atoms with Gasteiger partial charge in [0.05, 0.1) is 24.2 Å². The fourth-order valence-corrected chi connectivity index (χ4v) is 7.50. The highest BCUT2D eigenvalue weighted by Crippen LogP contribution is 2.67. The lowest BCUT2D eigenvalue weighted by molar-refractivity contribution is -0.191. The average molecular weight is 473 g/mol. The van der Waals surface area contributed by atoms with E-state index in [1.54, 1.807) is 12.1 Å². The van der Waals surface area contributed by atoms with E-state index in [1.165, 1.54) is 23.8 Å². The van der Waals surface area contributed by atoms with Gasteiger partial charge in [-0.3, -0.25) is 4.90 Å². The summed E-state index contributed by atoms with van der Waals surface area (Å²) in [5, 5.41) is 1.18. The molecule has 7 heteroatoms. The molecule has 0 N–H and O–H groups in total. The van der Waals surface area contributed by atoms with Gasteiger partial charge in [0, 0.05) is 36.0 Å². The van der Waals surface area contributed by atoms with E-state index >= 15 is 0 Å². The number of benzene rings is 2. The summed E-state index contributed by atoms with van der Waals surface area (Å²) in [6.07, 6.45) is 1.28. The summed E-state index contributed by atoms with van der Waals surface area (Å²) in [5.41, 5.74) is 2.35. The first-order chi connectivity index (χ1) is 17.0. The molecule has 7 nitrogen and oxygen atoms in total. The van der Waals surface area contributed by atoms with Crippen LogP contribution in [0.4, 0.5) is 0 Å². The van der Waals surface area contributed by atoms with Crippen molar-refractivity contribution in [2.45, 2.75) is 50.2 Å². The molecular weight excluding hydrogens is 444 g/mol. The number of aromatic nitrogens is 1. The average Bonchev–Trinajstić information content (AvgIpc) is 3.41. The van der Waals surface area contributed by atoms with Crippen LogP contribution in [0.3, 0.4) is 0 Å². The van der Waals surface area contributed by atoms with Crippen LogP contribution in [0.15, 0.2) is 54.6 Å². The summed E-state index contributed by atoms with van der Waals surface area (Å²) in [6.45, 7) is 3.62. The first kappa shape index (κ1) is 21.1. The number of carbonyl (C=O) groups is 2. The molecule has 3 aromatic rings. The van der Waals surface area contributed by atoms with Gasteiger partial charge in [-0.2, -0.15) is 0 Å². The van der Waals surface area contributed by atoms with E-state index in [-0.39, 0.29) is 17.4 Å². The number of rotatable bonds is 4. The van der Waals surface area contributed by atoms with Crippen LogP contribution >= 0.6 is 0 Å². The van der Waals surface area contributed by atoms with Crippen molar-refractivity contribution in [1.82, 2.24) is 9.47 Å². The van der Waals surface area contributed by atoms with E-state index in [1.807, 2.05) is 24.3 Å². The highest BCUT2D eigenvalue weighted by Gasteiger charge is 2.73. The molecule has 5 atom stereocenters. The topological polar surface area (TPSA) is 70.0 Å². The molecule has 1 aromatic heterocycles. The second-order valence-electron chi connectivity index (χ2n) is 10.3. The van der Waals surface area contributed by atoms with Gasteiger partial charge in [0.1, 0.15) is 12.2 Å². The van der Waals surface area contributed by atoms with Gasteiger partial charge in [0.15, 0.2) is 0 Å². The number of ether oxygens (including phenoxy) is 3. The molecular formula is C28H28N2O5. The second kappa shape index (κ2) is 7.18. The third-order valence-electron chi connectivity index (χ3n) is 8.84. The number of hydrogen-bond donors (Lipinski definition) is 0. The zero-order chi connectivity index (χ0) is 23.9. The van der Waals surface area contributed by atoms with Crippen molar-refractivity contribution >= 4 is 22.8 Å². The van der Waals surface area contributed by atoms with Gasteiger partial charge in [-0.05, 0) is 36.6 Å². The highest BCUT2D eigenvalue weighted by atomic mass is 16.6. The largest absolute Gasteiger partial charge is 0.465 e. The van der Waals surface area contributed by atoms with Crippen molar-refractivity contribution in [3.8, 4) is 0 Å². The molecule has 35 heavy (non-hydrogen) atoms. The number of methoxy groups -OCH3 is 1. The zero-order valence-electron chi connectivity index (χ0n) is 19.9. The smallest absolute Gasteiger partial charge is 0.360 e. The predicted octanol–water partition coefficient (Wildman–Crippen LogP) is 3.80. The second-order valence-corrected chi connectivity index (χ2v) is 10.3. The Bertz CT molecular complexity index is 1370. The summed E-state index contributed by atoms with van der Waals surface area (Å²) in [4.78, 5) is 29.1. The van der Waals surface area contributed by atoms with E-state index in [0.717, 1.165) is 24.9 Å². The molecule has 180 valence electrons. The fourth-order valence-electron chi connectivity index (χ4n) is 7.50. The zero-order valence-corrected chi connectivity index (χ0v) is 19.9. The van der Waals surface area contributed by atoms with Crippen molar-refractivity contribution in [3.05, 3.63) is 71.4 Å². The SMILES string of the molecule is CC[C@@]12C[C@@]3(C(=O)OC)O[C@@H]1[C@@H](OC(=O)c1ccccc1)CN1CCc4c(n3c3ccccc43)[C@@H]12. The van der Waals surface area contributed by atoms with Crippen LogP contribution in [-0.4, -0.2) is 53.8 Å². The summed E-state index contributed by atoms with van der Waals surface area (Å²) < 4.78 is 20.5. The number of piperidine rings is 1. The van der Waals surface area contributed by atoms with Crippen molar-refractivity contribution in [2.24, 2.45) is 5.41 Å². The molecule has 0 saturated carbocycles. The van der Waals surface area contributed by atoms with E-state index in [0.29, 0.717) is 18.5 Å². The first-order valence-corrected chi connectivity index (χ1v) is 12.4. The minimum atomic E-state index is -1.27. The Morgan fingerprint density at radius 2 is 1.89 bits per heavy atom. The van der Waals surface area contributed by atoms with E-state index in [2.05, 4.69) is 34.6 Å². The molecule has 0 radical (unpaired) electrons. The number of nitrogens with zero attached hydrogens (tertiary/aromatic N) is 2. The van der Waals surface area contributed by atoms with Gasteiger partial charge in [0.25, 0.3) is 0 Å². The minimum Gasteiger partial charge on any atom is -0.465 e. The Morgan fingerprint density at radius 3 is 2.66 bits per heavy atom. The van der Waals surface area contributed by atoms with Gasteiger partial charge >= 0.3 is 11.9 Å². The molecule has 2 aromatic carbocycles. The first-order valence-electron chi connectivity index (χ1n) is 12.4. The van der Waals surface area contributed by atoms with Crippen molar-refractivity contribution in [3.63, 3.8) is 0 Å². The van der Waals surface area contributed by atoms with Gasteiger partial charge in [-0.1, -0.05) is 43.3 Å². The molecule has 0 spiro atoms. The molecule has 2 saturated heterocycles. The number of esters is 2. The summed E-state index contributed by atoms with van der Waals surface area (Å²) in [6, 6.07) is 17.4. The predicted molar refractivity (Wildman–Crippen MR) is 128 cm³/mol. The number of fused-ring (bicyclic) bond motifs is 5. The van der Waals surface area contributed by atoms with Crippen LogP contribution in [0.5, 0.6) is 0 Å². The lowest BCUT2D eigenvalue weighted by Gasteiger charge is -2.55. The maximum atomic E-state index is 13.6. The van der Waals surface area contributed by atoms with Gasteiger partial charge in [-0.15, -0.1) is 0 Å². The van der Waals surface area contributed by atoms with Crippen LogP contribution in [-0.2, 0) is 31.2 Å². The highest BCUT2D eigenvalue weighted by molar-refractivity contribution is 5.91. The summed E-state index contributed by atoms with van der Waals surface area (Å²) >= 11 is 0. The molecule has 2 bridgehead atoms. The Morgan fingerprint density at radius 1 is 1.11 bits per heavy atom. The number of para-hydroxylation sites is 1. The molecule has 5 heterocycles. The standard InChI is InChI=1S/C28H28N2O5/c1-3-27-16-28(26(32)33-2)30-20-12-8-7-11-18(20)19-13-14-29(23(27)22(19)30)15-21(24(27)35-28)34-25(31)17-9-5-4-6-10-17/h4-12,21,23-24H,3,13-16H2,1-2H3/t21-,23+,24+,27-,28-/m0/s1. The lowest BCUT2D eigenvalue weighted by atomic mass is 9.62. The molecule has 4 aliphatic rings. The van der Waals surface area contributed by atoms with Crippen molar-refractivity contribution in [2.75, 3.05) is 20.2 Å². The Balaban J connectivity index is 1.42. The third-order valence-corrected chi connectivity index (χ3v) is 8.84. The van der Waals surface area contributed by atoms with Crippen LogP contribution < -0.4 is 0 Å². The third kappa shape index (κ3) is 2.52. The lowest BCUT2D eigenvalue weighted by Crippen LogP contribution is -2.62. The monoisotopic (exact) mass is 472 g/mol. The van der Waals surface area contributed by atoms with Gasteiger partial charge in [0.2, 0.25) is 5.72 Å². The van der Waals surface area contributed by atoms with E-state index in [4.69, 9.17) is 14.2 Å². The number of carbonyl (C=O) groups excluding carboxylic acids is 2. The normalized spacial score (nSPS) is 32.5. The quantitative estimate of drug-likeness (QED) is 0.538. The maximum Gasteiger partial charge on any atom is 0.360 e. The molecule has 0 aliphatic carbocycles. The molecule has 7 rings (SSSR count). The van der Waals surface area contributed by atoms with Gasteiger partial charge < -0.3 is 18.8 Å². The van der Waals surface area contributed by atoms with E-state index in [9.17, 15) is 9.59 Å². The maximum absolute atomic E-state index is 13.6. The van der Waals surface area contributed by atoms with E-state index < -0.39 is 23.9 Å². The van der Waals surface area contributed by atoms with Crippen molar-refractivity contribution in [1.29, 1.82) is 0 Å². The summed E-state index contributed by atoms with van der Waals surface area (Å²) in [5.74, 6) is -0.757. The Kier molecular flexibility index (Phi) is 4.34. The molecule has 4 aliphatic heterocycles. The van der Waals surface area contributed by atoms with Crippen LogP contribution in [0, 0.1) is 5.41 Å². The molecule has 2 fully saturated rings. The van der Waals surface area contributed by atoms with Gasteiger partial charge in [-0.25, -0.2) is 9.59 Å². The fraction of sp³-hybridized carbons (Fsp3) is 0.429. The van der Waals surface area contributed by atoms with Crippen LogP contribution in [0.1, 0.15) is 47.4 Å². The van der Waals surface area contributed by atoms with Crippen LogP contribution in [0.25, 0.3) is 10.9 Å². The minimum absolute atomic E-state index is 0.0978. The molecule has 0 amide bonds. The Hall–Kier alpha value is -3.16. The number of hydrogen-bond acceptors (Lipinski definition) is 6. The Labute approximate surface area is 203 Å². The van der Waals surface area contributed by atoms with Crippen molar-refractivity contribution < 1.29 is 23.8 Å². The van der Waals surface area contributed by atoms with Crippen LogP contribution in [0.2, 0.25) is 0 Å². The summed E-state index contributed by atoms with van der Waals surface area (Å²) in [7, 11) is 1.42.